The van der Waals surface area contributed by atoms with Crippen molar-refractivity contribution in [1.29, 1.82) is 0 Å². The van der Waals surface area contributed by atoms with E-state index in [1.807, 2.05) is 30.3 Å². The Bertz CT molecular complexity index is 1430. The van der Waals surface area contributed by atoms with E-state index in [1.54, 1.807) is 43.8 Å². The van der Waals surface area contributed by atoms with E-state index >= 15 is 0 Å². The number of aromatic nitrogens is 2. The Labute approximate surface area is 220 Å². The minimum atomic E-state index is -1.13. The molecule has 1 N–H and O–H groups in total. The summed E-state index contributed by atoms with van der Waals surface area (Å²) in [6, 6.07) is 14.2. The summed E-state index contributed by atoms with van der Waals surface area (Å²) in [6.45, 7) is 3.99. The maximum Gasteiger partial charge on any atom is 0.275 e. The van der Waals surface area contributed by atoms with Gasteiger partial charge in [-0.15, -0.1) is 0 Å². The molecular formula is C28H27ClN4O4. The number of hydrogen-bond acceptors (Lipinski definition) is 5. The second kappa shape index (κ2) is 9.58. The monoisotopic (exact) mass is 518 g/mol. The highest BCUT2D eigenvalue weighted by Gasteiger charge is 2.40. The van der Waals surface area contributed by atoms with E-state index in [1.165, 1.54) is 9.80 Å². The highest BCUT2D eigenvalue weighted by molar-refractivity contribution is 6.31. The van der Waals surface area contributed by atoms with Crippen LogP contribution in [0.15, 0.2) is 48.5 Å². The summed E-state index contributed by atoms with van der Waals surface area (Å²) < 4.78 is 7.67. The minimum Gasteiger partial charge on any atom is -0.489 e. The Morgan fingerprint density at radius 2 is 1.95 bits per heavy atom. The molecule has 0 saturated heterocycles. The third-order valence-corrected chi connectivity index (χ3v) is 6.87. The summed E-state index contributed by atoms with van der Waals surface area (Å²) >= 11 is 6.60. The molecule has 2 aromatic carbocycles. The third-order valence-electron chi connectivity index (χ3n) is 6.45. The van der Waals surface area contributed by atoms with Crippen LogP contribution < -0.4 is 9.64 Å². The SMILES string of the molecule is CN1C(=O)C(N2CCc3c(nn(Cc4ccccc4)c3Cl)C2=O)COc2cc(C#CC(C)(C)O)ccc21. The first-order chi connectivity index (χ1) is 17.6. The second-order valence-electron chi connectivity index (χ2n) is 9.73. The van der Waals surface area contributed by atoms with E-state index in [-0.39, 0.29) is 24.1 Å². The van der Waals surface area contributed by atoms with Gasteiger partial charge < -0.3 is 19.6 Å². The molecule has 9 heteroatoms. The predicted molar refractivity (Wildman–Crippen MR) is 140 cm³/mol. The van der Waals surface area contributed by atoms with Gasteiger partial charge in [-0.05, 0) is 44.0 Å². The van der Waals surface area contributed by atoms with Gasteiger partial charge in [0.2, 0.25) is 0 Å². The molecule has 0 spiro atoms. The molecule has 1 atom stereocenters. The zero-order valence-electron chi connectivity index (χ0n) is 20.9. The Balaban J connectivity index is 1.39. The molecule has 0 bridgehead atoms. The number of likely N-dealkylation sites (N-methyl/N-ethyl adjacent to an activating group) is 1. The first kappa shape index (κ1) is 24.9. The van der Waals surface area contributed by atoms with E-state index in [0.29, 0.717) is 47.2 Å². The summed E-state index contributed by atoms with van der Waals surface area (Å²) in [5, 5.41) is 14.9. The van der Waals surface area contributed by atoms with E-state index in [0.717, 1.165) is 5.56 Å². The Morgan fingerprint density at radius 3 is 2.68 bits per heavy atom. The number of nitrogens with zero attached hydrogens (tertiary/aromatic N) is 4. The maximum atomic E-state index is 13.5. The van der Waals surface area contributed by atoms with E-state index < -0.39 is 11.6 Å². The van der Waals surface area contributed by atoms with Crippen molar-refractivity contribution in [1.82, 2.24) is 14.7 Å². The van der Waals surface area contributed by atoms with Gasteiger partial charge in [0.1, 0.15) is 29.2 Å². The molecule has 0 radical (unpaired) electrons. The van der Waals surface area contributed by atoms with Crippen LogP contribution in [0.3, 0.4) is 0 Å². The molecule has 0 saturated carbocycles. The molecule has 2 amide bonds. The van der Waals surface area contributed by atoms with Crippen molar-refractivity contribution in [2.75, 3.05) is 25.1 Å². The van der Waals surface area contributed by atoms with E-state index in [4.69, 9.17) is 16.3 Å². The lowest BCUT2D eigenvalue weighted by atomic mass is 10.0. The van der Waals surface area contributed by atoms with Gasteiger partial charge in [0, 0.05) is 24.7 Å². The van der Waals surface area contributed by atoms with Gasteiger partial charge in [0.05, 0.1) is 12.2 Å². The normalized spacial score (nSPS) is 17.4. The van der Waals surface area contributed by atoms with Crippen molar-refractivity contribution in [2.45, 2.75) is 38.5 Å². The highest BCUT2D eigenvalue weighted by atomic mass is 35.5. The molecule has 2 aliphatic rings. The lowest BCUT2D eigenvalue weighted by molar-refractivity contribution is -0.123. The number of benzene rings is 2. The van der Waals surface area contributed by atoms with Crippen molar-refractivity contribution in [3.63, 3.8) is 0 Å². The molecule has 2 aliphatic heterocycles. The van der Waals surface area contributed by atoms with E-state index in [9.17, 15) is 14.7 Å². The first-order valence-electron chi connectivity index (χ1n) is 12.0. The molecule has 8 nitrogen and oxygen atoms in total. The van der Waals surface area contributed by atoms with Gasteiger partial charge in [-0.1, -0.05) is 53.8 Å². The fourth-order valence-corrected chi connectivity index (χ4v) is 4.80. The number of halogens is 1. The average molecular weight is 519 g/mol. The van der Waals surface area contributed by atoms with Crippen molar-refractivity contribution in [3.05, 3.63) is 76.1 Å². The zero-order valence-corrected chi connectivity index (χ0v) is 21.6. The van der Waals surface area contributed by atoms with Crippen LogP contribution in [0.4, 0.5) is 5.69 Å². The number of carbonyl (C=O) groups excluding carboxylic acids is 2. The van der Waals surface area contributed by atoms with Gasteiger partial charge in [0.25, 0.3) is 11.8 Å². The molecule has 3 heterocycles. The number of hydrogen-bond donors (Lipinski definition) is 1. The summed E-state index contributed by atoms with van der Waals surface area (Å²) in [4.78, 5) is 30.0. The van der Waals surface area contributed by atoms with Crippen LogP contribution in [0, 0.1) is 11.8 Å². The largest absolute Gasteiger partial charge is 0.489 e. The number of aliphatic hydroxyl groups is 1. The molecule has 37 heavy (non-hydrogen) atoms. The Kier molecular flexibility index (Phi) is 6.44. The van der Waals surface area contributed by atoms with Crippen molar-refractivity contribution < 1.29 is 19.4 Å². The van der Waals surface area contributed by atoms with Gasteiger partial charge in [0.15, 0.2) is 5.69 Å². The quantitative estimate of drug-likeness (QED) is 0.538. The maximum absolute atomic E-state index is 13.5. The van der Waals surface area contributed by atoms with Crippen molar-refractivity contribution in [2.24, 2.45) is 0 Å². The minimum absolute atomic E-state index is 0.00191. The molecule has 0 aliphatic carbocycles. The Morgan fingerprint density at radius 1 is 1.19 bits per heavy atom. The summed E-state index contributed by atoms with van der Waals surface area (Å²) in [6.07, 6.45) is 0.492. The fourth-order valence-electron chi connectivity index (χ4n) is 4.52. The Hall–Kier alpha value is -3.80. The number of rotatable bonds is 3. The molecular weight excluding hydrogens is 492 g/mol. The molecule has 0 fully saturated rings. The van der Waals surface area contributed by atoms with Gasteiger partial charge in [-0.3, -0.25) is 9.59 Å². The molecule has 3 aromatic rings. The lowest BCUT2D eigenvalue weighted by Gasteiger charge is -2.33. The second-order valence-corrected chi connectivity index (χ2v) is 10.1. The first-order valence-corrected chi connectivity index (χ1v) is 12.4. The topological polar surface area (TPSA) is 87.9 Å². The summed E-state index contributed by atoms with van der Waals surface area (Å²) in [7, 11) is 1.66. The fraction of sp³-hybridized carbons (Fsp3) is 0.321. The molecule has 1 aromatic heterocycles. The number of amides is 2. The number of fused-ring (bicyclic) bond motifs is 2. The third kappa shape index (κ3) is 4.93. The van der Waals surface area contributed by atoms with Crippen LogP contribution in [-0.2, 0) is 17.8 Å². The molecule has 190 valence electrons. The molecule has 1 unspecified atom stereocenters. The van der Waals surface area contributed by atoms with Crippen LogP contribution in [0.25, 0.3) is 0 Å². The zero-order chi connectivity index (χ0) is 26.3. The van der Waals surface area contributed by atoms with Gasteiger partial charge >= 0.3 is 0 Å². The average Bonchev–Trinajstić information content (AvgIpc) is 3.13. The van der Waals surface area contributed by atoms with Crippen LogP contribution in [0.1, 0.15) is 41.0 Å². The highest BCUT2D eigenvalue weighted by Crippen LogP contribution is 2.34. The smallest absolute Gasteiger partial charge is 0.275 e. The van der Waals surface area contributed by atoms with Crippen LogP contribution >= 0.6 is 11.6 Å². The van der Waals surface area contributed by atoms with Crippen LogP contribution in [-0.4, -0.2) is 63.4 Å². The van der Waals surface area contributed by atoms with Crippen molar-refractivity contribution >= 4 is 29.1 Å². The van der Waals surface area contributed by atoms with Crippen molar-refractivity contribution in [3.8, 4) is 17.6 Å². The summed E-state index contributed by atoms with van der Waals surface area (Å²) in [5.41, 5.74) is 2.10. The molecule has 5 rings (SSSR count). The van der Waals surface area contributed by atoms with E-state index in [2.05, 4.69) is 16.9 Å². The predicted octanol–water partition coefficient (Wildman–Crippen LogP) is 3.13. The van der Waals surface area contributed by atoms with Crippen LogP contribution in [0.5, 0.6) is 5.75 Å². The standard InChI is InChI=1S/C28H27ClN4O4/c1-28(2,36)13-11-18-9-10-21-23(15-18)37-17-22(26(34)31(21)3)32-14-12-20-24(27(32)35)30-33(25(20)29)16-19-7-5-4-6-8-19/h4-10,15,22,36H,12,14,16-17H2,1-3H3. The number of anilines is 1. The summed E-state index contributed by atoms with van der Waals surface area (Å²) in [5.74, 6) is 5.60. The van der Waals surface area contributed by atoms with Gasteiger partial charge in [-0.2, -0.15) is 5.10 Å². The van der Waals surface area contributed by atoms with Gasteiger partial charge in [-0.25, -0.2) is 4.68 Å². The lowest BCUT2D eigenvalue weighted by Crippen LogP contribution is -2.54. The number of ether oxygens (including phenoxy) is 1. The number of carbonyl (C=O) groups is 2. The van der Waals surface area contributed by atoms with Crippen LogP contribution in [0.2, 0.25) is 5.15 Å².